The van der Waals surface area contributed by atoms with Gasteiger partial charge in [-0.05, 0) is 42.1 Å². The van der Waals surface area contributed by atoms with Crippen molar-refractivity contribution in [1.29, 1.82) is 0 Å². The molecule has 1 aliphatic heterocycles. The predicted molar refractivity (Wildman–Crippen MR) is 74.0 cm³/mol. The van der Waals surface area contributed by atoms with E-state index < -0.39 is 0 Å². The Hall–Kier alpha value is -0.680. The van der Waals surface area contributed by atoms with Gasteiger partial charge in [-0.15, -0.1) is 0 Å². The second-order valence-corrected chi connectivity index (χ2v) is 5.79. The van der Waals surface area contributed by atoms with Gasteiger partial charge >= 0.3 is 0 Å². The highest BCUT2D eigenvalue weighted by Crippen LogP contribution is 2.44. The molecule has 1 saturated heterocycles. The minimum Gasteiger partial charge on any atom is -0.381 e. The summed E-state index contributed by atoms with van der Waals surface area (Å²) in [5.74, 6) is 2.89. The first kappa shape index (κ1) is 12.4. The molecule has 1 unspecified atom stereocenters. The van der Waals surface area contributed by atoms with E-state index in [-0.39, 0.29) is 0 Å². The number of halogens is 1. The lowest BCUT2D eigenvalue weighted by atomic mass is 10.1. The predicted octanol–water partition coefficient (Wildman–Crippen LogP) is 3.05. The van der Waals surface area contributed by atoms with E-state index in [0.717, 1.165) is 42.3 Å². The van der Waals surface area contributed by atoms with E-state index in [1.165, 1.54) is 18.5 Å². The Kier molecular flexibility index (Phi) is 3.52. The van der Waals surface area contributed by atoms with Gasteiger partial charge in [-0.1, -0.05) is 0 Å². The van der Waals surface area contributed by atoms with Crippen LogP contribution in [0.3, 0.4) is 0 Å². The highest BCUT2D eigenvalue weighted by atomic mass is 79.9. The Bertz CT molecular complexity index is 442. The van der Waals surface area contributed by atoms with Gasteiger partial charge < -0.3 is 10.1 Å². The Morgan fingerprint density at radius 3 is 2.72 bits per heavy atom. The van der Waals surface area contributed by atoms with Crippen molar-refractivity contribution in [3.05, 3.63) is 16.0 Å². The second kappa shape index (κ2) is 5.13. The van der Waals surface area contributed by atoms with Crippen LogP contribution in [0.25, 0.3) is 0 Å². The minimum atomic E-state index is 0.369. The molecule has 0 radical (unpaired) electrons. The van der Waals surface area contributed by atoms with Gasteiger partial charge in [0.2, 0.25) is 0 Å². The van der Waals surface area contributed by atoms with Crippen LogP contribution in [0.1, 0.15) is 49.5 Å². The van der Waals surface area contributed by atoms with Crippen molar-refractivity contribution in [2.75, 3.05) is 25.1 Å². The SMILES string of the molecule is CCNc1nc(C2CCOC2)nc(C2CC2)c1Br. The molecule has 1 aliphatic carbocycles. The fourth-order valence-corrected chi connectivity index (χ4v) is 2.96. The summed E-state index contributed by atoms with van der Waals surface area (Å²) in [5.41, 5.74) is 1.18. The van der Waals surface area contributed by atoms with Gasteiger partial charge in [0, 0.05) is 25.0 Å². The molecule has 2 fully saturated rings. The lowest BCUT2D eigenvalue weighted by molar-refractivity contribution is 0.193. The van der Waals surface area contributed by atoms with E-state index in [0.29, 0.717) is 11.8 Å². The molecule has 0 spiro atoms. The summed E-state index contributed by atoms with van der Waals surface area (Å²) in [4.78, 5) is 9.45. The molecule has 3 rings (SSSR count). The molecule has 98 valence electrons. The fraction of sp³-hybridized carbons (Fsp3) is 0.692. The van der Waals surface area contributed by atoms with Gasteiger partial charge in [0.15, 0.2) is 0 Å². The normalized spacial score (nSPS) is 23.3. The molecule has 4 nitrogen and oxygen atoms in total. The molecule has 1 N–H and O–H groups in total. The highest BCUT2D eigenvalue weighted by molar-refractivity contribution is 9.10. The third-order valence-corrected chi connectivity index (χ3v) is 4.28. The third kappa shape index (κ3) is 2.38. The maximum absolute atomic E-state index is 5.45. The number of aromatic nitrogens is 2. The van der Waals surface area contributed by atoms with Crippen molar-refractivity contribution in [1.82, 2.24) is 9.97 Å². The molecule has 18 heavy (non-hydrogen) atoms. The van der Waals surface area contributed by atoms with E-state index >= 15 is 0 Å². The van der Waals surface area contributed by atoms with Crippen LogP contribution < -0.4 is 5.32 Å². The number of hydrogen-bond acceptors (Lipinski definition) is 4. The van der Waals surface area contributed by atoms with E-state index in [1.807, 2.05) is 0 Å². The summed E-state index contributed by atoms with van der Waals surface area (Å²) in [5, 5.41) is 3.32. The molecule has 1 atom stereocenters. The standard InChI is InChI=1S/C13H18BrN3O/c1-2-15-13-10(14)11(8-3-4-8)16-12(17-13)9-5-6-18-7-9/h8-9H,2-7H2,1H3,(H,15,16,17). The molecular formula is C13H18BrN3O. The van der Waals surface area contributed by atoms with Crippen LogP contribution in [0.5, 0.6) is 0 Å². The Morgan fingerprint density at radius 1 is 1.28 bits per heavy atom. The van der Waals surface area contributed by atoms with Gasteiger partial charge in [-0.25, -0.2) is 9.97 Å². The van der Waals surface area contributed by atoms with Crippen LogP contribution in [-0.2, 0) is 4.74 Å². The summed E-state index contributed by atoms with van der Waals surface area (Å²) < 4.78 is 6.50. The average Bonchev–Trinajstić information content (AvgIpc) is 3.06. The topological polar surface area (TPSA) is 47.0 Å². The van der Waals surface area contributed by atoms with E-state index in [1.54, 1.807) is 0 Å². The highest BCUT2D eigenvalue weighted by Gasteiger charge is 2.31. The lowest BCUT2D eigenvalue weighted by Crippen LogP contribution is -2.11. The van der Waals surface area contributed by atoms with Crippen molar-refractivity contribution in [3.63, 3.8) is 0 Å². The summed E-state index contributed by atoms with van der Waals surface area (Å²) >= 11 is 3.65. The molecule has 1 aromatic heterocycles. The number of ether oxygens (including phenoxy) is 1. The molecule has 0 aromatic carbocycles. The quantitative estimate of drug-likeness (QED) is 0.928. The Balaban J connectivity index is 1.97. The molecule has 2 aliphatic rings. The van der Waals surface area contributed by atoms with Crippen molar-refractivity contribution in [2.24, 2.45) is 0 Å². The van der Waals surface area contributed by atoms with Gasteiger partial charge in [-0.2, -0.15) is 0 Å². The summed E-state index contributed by atoms with van der Waals surface area (Å²) in [6.45, 7) is 4.56. The van der Waals surface area contributed by atoms with Gasteiger partial charge in [0.25, 0.3) is 0 Å². The lowest BCUT2D eigenvalue weighted by Gasteiger charge is -2.14. The Labute approximate surface area is 116 Å². The van der Waals surface area contributed by atoms with Crippen LogP contribution in [0.2, 0.25) is 0 Å². The van der Waals surface area contributed by atoms with Crippen molar-refractivity contribution in [3.8, 4) is 0 Å². The van der Waals surface area contributed by atoms with Gasteiger partial charge in [0.05, 0.1) is 16.8 Å². The number of hydrogen-bond donors (Lipinski definition) is 1. The zero-order valence-corrected chi connectivity index (χ0v) is 12.2. The smallest absolute Gasteiger partial charge is 0.144 e. The zero-order chi connectivity index (χ0) is 12.5. The third-order valence-electron chi connectivity index (χ3n) is 3.50. The van der Waals surface area contributed by atoms with E-state index in [2.05, 4.69) is 33.2 Å². The summed E-state index contributed by atoms with van der Waals surface area (Å²) in [6.07, 6.45) is 3.54. The molecular weight excluding hydrogens is 294 g/mol. The molecule has 0 amide bonds. The fourth-order valence-electron chi connectivity index (χ4n) is 2.32. The molecule has 0 bridgehead atoms. The Morgan fingerprint density at radius 2 is 2.11 bits per heavy atom. The number of rotatable bonds is 4. The maximum Gasteiger partial charge on any atom is 0.144 e. The summed E-state index contributed by atoms with van der Waals surface area (Å²) in [7, 11) is 0. The van der Waals surface area contributed by atoms with Crippen LogP contribution >= 0.6 is 15.9 Å². The largest absolute Gasteiger partial charge is 0.381 e. The molecule has 5 heteroatoms. The van der Waals surface area contributed by atoms with Gasteiger partial charge in [-0.3, -0.25) is 0 Å². The second-order valence-electron chi connectivity index (χ2n) is 4.99. The maximum atomic E-state index is 5.45. The first-order chi connectivity index (χ1) is 8.79. The van der Waals surface area contributed by atoms with Gasteiger partial charge in [0.1, 0.15) is 11.6 Å². The van der Waals surface area contributed by atoms with Crippen molar-refractivity contribution < 1.29 is 4.74 Å². The first-order valence-electron chi connectivity index (χ1n) is 6.68. The van der Waals surface area contributed by atoms with E-state index in [9.17, 15) is 0 Å². The van der Waals surface area contributed by atoms with Crippen LogP contribution in [0.15, 0.2) is 4.47 Å². The van der Waals surface area contributed by atoms with Crippen molar-refractivity contribution >= 4 is 21.7 Å². The minimum absolute atomic E-state index is 0.369. The average molecular weight is 312 g/mol. The summed E-state index contributed by atoms with van der Waals surface area (Å²) in [6, 6.07) is 0. The monoisotopic (exact) mass is 311 g/mol. The first-order valence-corrected chi connectivity index (χ1v) is 7.47. The number of nitrogens with zero attached hydrogens (tertiary/aromatic N) is 2. The van der Waals surface area contributed by atoms with Crippen molar-refractivity contribution in [2.45, 2.75) is 38.0 Å². The number of anilines is 1. The molecule has 2 heterocycles. The molecule has 1 aromatic rings. The van der Waals surface area contributed by atoms with Crippen LogP contribution in [0, 0.1) is 0 Å². The van der Waals surface area contributed by atoms with Crippen LogP contribution in [0.4, 0.5) is 5.82 Å². The van der Waals surface area contributed by atoms with Crippen LogP contribution in [-0.4, -0.2) is 29.7 Å². The van der Waals surface area contributed by atoms with E-state index in [4.69, 9.17) is 9.72 Å². The zero-order valence-electron chi connectivity index (χ0n) is 10.6. The molecule has 1 saturated carbocycles. The number of nitrogens with one attached hydrogen (secondary N) is 1.